The molecule has 1 saturated heterocycles. The molecule has 5 heteroatoms. The molecule has 0 spiro atoms. The van der Waals surface area contributed by atoms with Crippen molar-refractivity contribution in [2.24, 2.45) is 11.3 Å². The van der Waals surface area contributed by atoms with Crippen molar-refractivity contribution >= 4 is 5.97 Å². The van der Waals surface area contributed by atoms with E-state index < -0.39 is 5.97 Å². The third-order valence-electron chi connectivity index (χ3n) is 5.05. The van der Waals surface area contributed by atoms with E-state index in [1.54, 1.807) is 30.5 Å². The number of carboxylic acid groups (broad SMARTS) is 1. The second kappa shape index (κ2) is 8.74. The van der Waals surface area contributed by atoms with Gasteiger partial charge in [-0.25, -0.2) is 4.79 Å². The van der Waals surface area contributed by atoms with Crippen LogP contribution in [0.3, 0.4) is 0 Å². The smallest absolute Gasteiger partial charge is 0.335 e. The highest BCUT2D eigenvalue weighted by Crippen LogP contribution is 2.24. The molecule has 1 aromatic carbocycles. The van der Waals surface area contributed by atoms with E-state index in [9.17, 15) is 4.79 Å². The minimum Gasteiger partial charge on any atom is -0.492 e. The quantitative estimate of drug-likeness (QED) is 0.792. The molecule has 0 saturated carbocycles. The van der Waals surface area contributed by atoms with Gasteiger partial charge in [-0.2, -0.15) is 0 Å². The second-order valence-electron chi connectivity index (χ2n) is 8.85. The van der Waals surface area contributed by atoms with Crippen LogP contribution < -0.4 is 4.74 Å². The lowest BCUT2D eigenvalue weighted by Crippen LogP contribution is -2.40. The first kappa shape index (κ1) is 20.3. The summed E-state index contributed by atoms with van der Waals surface area (Å²) in [6.45, 7) is 11.1. The van der Waals surface area contributed by atoms with Gasteiger partial charge < -0.3 is 14.7 Å². The first-order valence-electron chi connectivity index (χ1n) is 9.95. The molecule has 150 valence electrons. The number of hydrogen-bond donors (Lipinski definition) is 1. The van der Waals surface area contributed by atoms with Crippen molar-refractivity contribution in [1.29, 1.82) is 0 Å². The molecule has 1 fully saturated rings. The maximum atomic E-state index is 10.9. The first-order chi connectivity index (χ1) is 13.3. The van der Waals surface area contributed by atoms with Crippen LogP contribution in [0.5, 0.6) is 5.75 Å². The molecule has 0 unspecified atom stereocenters. The number of aromatic carboxylic acids is 1. The second-order valence-corrected chi connectivity index (χ2v) is 8.85. The molecule has 0 amide bonds. The van der Waals surface area contributed by atoms with Crippen LogP contribution >= 0.6 is 0 Å². The molecule has 1 N–H and O–H groups in total. The monoisotopic (exact) mass is 382 g/mol. The Labute approximate surface area is 167 Å². The third kappa shape index (κ3) is 5.80. The molecule has 1 aromatic heterocycles. The number of carbonyl (C=O) groups is 1. The molecular formula is C23H30N2O3. The molecular weight excluding hydrogens is 352 g/mol. The van der Waals surface area contributed by atoms with Crippen LogP contribution in [-0.2, 0) is 0 Å². The molecule has 0 bridgehead atoms. The fraction of sp³-hybridized carbons (Fsp3) is 0.478. The lowest BCUT2D eigenvalue weighted by molar-refractivity contribution is 0.0697. The van der Waals surface area contributed by atoms with Crippen LogP contribution in [0, 0.1) is 11.3 Å². The van der Waals surface area contributed by atoms with Gasteiger partial charge in [0.1, 0.15) is 5.75 Å². The van der Waals surface area contributed by atoms with Gasteiger partial charge in [0.2, 0.25) is 0 Å². The third-order valence-corrected chi connectivity index (χ3v) is 5.05. The predicted octanol–water partition coefficient (Wildman–Crippen LogP) is 4.58. The highest BCUT2D eigenvalue weighted by molar-refractivity contribution is 5.88. The van der Waals surface area contributed by atoms with Gasteiger partial charge >= 0.3 is 5.97 Å². The predicted molar refractivity (Wildman–Crippen MR) is 111 cm³/mol. The van der Waals surface area contributed by atoms with E-state index in [0.29, 0.717) is 11.3 Å². The van der Waals surface area contributed by atoms with E-state index in [-0.39, 0.29) is 5.56 Å². The SMILES string of the molecule is CC(C)(C)CN1CCC(COc2ccc(-c3ccc(C(=O)O)cc3)nc2)CC1. The Bertz CT molecular complexity index is 771. The Morgan fingerprint density at radius 3 is 2.36 bits per heavy atom. The van der Waals surface area contributed by atoms with Crippen molar-refractivity contribution in [3.05, 3.63) is 48.2 Å². The summed E-state index contributed by atoms with van der Waals surface area (Å²) in [4.78, 5) is 18.0. The number of carboxylic acids is 1. The van der Waals surface area contributed by atoms with Crippen molar-refractivity contribution < 1.29 is 14.6 Å². The van der Waals surface area contributed by atoms with Crippen molar-refractivity contribution in [2.75, 3.05) is 26.2 Å². The van der Waals surface area contributed by atoms with Gasteiger partial charge in [-0.05, 0) is 61.5 Å². The standard InChI is InChI=1S/C23H30N2O3/c1-23(2,3)16-25-12-10-17(11-13-25)15-28-20-8-9-21(24-14-20)18-4-6-19(7-5-18)22(26)27/h4-9,14,17H,10-13,15-16H2,1-3H3,(H,26,27). The van der Waals surface area contributed by atoms with E-state index in [1.165, 1.54) is 12.8 Å². The van der Waals surface area contributed by atoms with Gasteiger partial charge in [0.05, 0.1) is 24.1 Å². The molecule has 28 heavy (non-hydrogen) atoms. The van der Waals surface area contributed by atoms with E-state index in [4.69, 9.17) is 9.84 Å². The Kier molecular flexibility index (Phi) is 6.35. The zero-order chi connectivity index (χ0) is 20.1. The van der Waals surface area contributed by atoms with Crippen LogP contribution in [0.2, 0.25) is 0 Å². The molecule has 5 nitrogen and oxygen atoms in total. The molecule has 0 atom stereocenters. The fourth-order valence-corrected chi connectivity index (χ4v) is 3.62. The van der Waals surface area contributed by atoms with Gasteiger partial charge in [0.25, 0.3) is 0 Å². The van der Waals surface area contributed by atoms with Crippen molar-refractivity contribution in [2.45, 2.75) is 33.6 Å². The minimum absolute atomic E-state index is 0.275. The Morgan fingerprint density at radius 1 is 1.14 bits per heavy atom. The number of ether oxygens (including phenoxy) is 1. The number of aromatic nitrogens is 1. The number of rotatable bonds is 6. The normalized spacial score (nSPS) is 16.1. The summed E-state index contributed by atoms with van der Waals surface area (Å²) >= 11 is 0. The Hall–Kier alpha value is -2.40. The van der Waals surface area contributed by atoms with Crippen LogP contribution in [0.25, 0.3) is 11.3 Å². The molecule has 2 heterocycles. The summed E-state index contributed by atoms with van der Waals surface area (Å²) in [7, 11) is 0. The maximum Gasteiger partial charge on any atom is 0.335 e. The van der Waals surface area contributed by atoms with E-state index in [1.807, 2.05) is 12.1 Å². The first-order valence-corrected chi connectivity index (χ1v) is 9.95. The highest BCUT2D eigenvalue weighted by Gasteiger charge is 2.23. The topological polar surface area (TPSA) is 62.7 Å². The van der Waals surface area contributed by atoms with Crippen molar-refractivity contribution in [3.8, 4) is 17.0 Å². The van der Waals surface area contributed by atoms with Crippen molar-refractivity contribution in [1.82, 2.24) is 9.88 Å². The number of nitrogens with zero attached hydrogens (tertiary/aromatic N) is 2. The maximum absolute atomic E-state index is 10.9. The van der Waals surface area contributed by atoms with Gasteiger partial charge in [-0.15, -0.1) is 0 Å². The number of likely N-dealkylation sites (tertiary alicyclic amines) is 1. The van der Waals surface area contributed by atoms with Gasteiger partial charge in [-0.1, -0.05) is 32.9 Å². The van der Waals surface area contributed by atoms with Crippen LogP contribution in [0.1, 0.15) is 44.0 Å². The lowest BCUT2D eigenvalue weighted by Gasteiger charge is -2.35. The van der Waals surface area contributed by atoms with Crippen LogP contribution in [0.15, 0.2) is 42.6 Å². The number of piperidine rings is 1. The molecule has 3 rings (SSSR count). The zero-order valence-electron chi connectivity index (χ0n) is 17.0. The van der Waals surface area contributed by atoms with Crippen LogP contribution in [0.4, 0.5) is 0 Å². The van der Waals surface area contributed by atoms with E-state index >= 15 is 0 Å². The van der Waals surface area contributed by atoms with Crippen molar-refractivity contribution in [3.63, 3.8) is 0 Å². The number of hydrogen-bond acceptors (Lipinski definition) is 4. The van der Waals surface area contributed by atoms with E-state index in [0.717, 1.165) is 43.2 Å². The van der Waals surface area contributed by atoms with Gasteiger partial charge in [0.15, 0.2) is 0 Å². The largest absolute Gasteiger partial charge is 0.492 e. The molecule has 0 aliphatic carbocycles. The summed E-state index contributed by atoms with van der Waals surface area (Å²) in [6, 6.07) is 10.6. The molecule has 1 aliphatic rings. The Morgan fingerprint density at radius 2 is 1.82 bits per heavy atom. The zero-order valence-corrected chi connectivity index (χ0v) is 17.0. The molecule has 1 aliphatic heterocycles. The summed E-state index contributed by atoms with van der Waals surface area (Å²) in [6.07, 6.45) is 4.10. The summed E-state index contributed by atoms with van der Waals surface area (Å²) in [5.74, 6) is 0.454. The summed E-state index contributed by atoms with van der Waals surface area (Å²) in [5, 5.41) is 8.98. The lowest BCUT2D eigenvalue weighted by atomic mass is 9.92. The van der Waals surface area contributed by atoms with E-state index in [2.05, 4.69) is 30.7 Å². The molecule has 2 aromatic rings. The Balaban J connectivity index is 1.48. The summed E-state index contributed by atoms with van der Waals surface area (Å²) < 4.78 is 5.96. The van der Waals surface area contributed by atoms with Gasteiger partial charge in [0, 0.05) is 12.1 Å². The van der Waals surface area contributed by atoms with Crippen LogP contribution in [-0.4, -0.2) is 47.2 Å². The average molecular weight is 383 g/mol. The fourth-order valence-electron chi connectivity index (χ4n) is 3.62. The highest BCUT2D eigenvalue weighted by atomic mass is 16.5. The average Bonchev–Trinajstić information content (AvgIpc) is 2.67. The molecule has 0 radical (unpaired) electrons. The van der Waals surface area contributed by atoms with Gasteiger partial charge in [-0.3, -0.25) is 4.98 Å². The minimum atomic E-state index is -0.924. The summed E-state index contributed by atoms with van der Waals surface area (Å²) in [5.41, 5.74) is 2.32. The number of pyridine rings is 1. The number of benzene rings is 1.